The minimum absolute atomic E-state index is 0.0377. The van der Waals surface area contributed by atoms with Gasteiger partial charge in [0.25, 0.3) is 5.91 Å². The van der Waals surface area contributed by atoms with Crippen molar-refractivity contribution in [3.05, 3.63) is 46.2 Å². The fraction of sp³-hybridized carbons (Fsp3) is 0.429. The van der Waals surface area contributed by atoms with Crippen LogP contribution in [-0.4, -0.2) is 41.8 Å². The van der Waals surface area contributed by atoms with Gasteiger partial charge < -0.3 is 5.32 Å². The number of hydrogen-bond acceptors (Lipinski definition) is 4. The van der Waals surface area contributed by atoms with E-state index in [9.17, 15) is 9.59 Å². The quantitative estimate of drug-likeness (QED) is 0.775. The summed E-state index contributed by atoms with van der Waals surface area (Å²) < 4.78 is 0. The maximum Gasteiger partial charge on any atom is 0.251 e. The molecule has 1 aromatic heterocycles. The Morgan fingerprint density at radius 2 is 1.96 bits per heavy atom. The Labute approximate surface area is 159 Å². The lowest BCUT2D eigenvalue weighted by Crippen LogP contribution is -2.43. The Hall–Kier alpha value is -1.98. The van der Waals surface area contributed by atoms with Crippen molar-refractivity contribution in [2.75, 3.05) is 13.1 Å². The standard InChI is InChI=1S/C21H26N2O2S/c1-14(2)23-11-4-5-18(23)13-22-21(25)17-8-6-16(7-9-17)19-10-12-26-20(19)15(3)24/h6-10,12,14,18H,4-5,11,13H2,1-3H3,(H,22,25). The van der Waals surface area contributed by atoms with Crippen LogP contribution in [0.1, 0.15) is 53.6 Å². The molecule has 1 unspecified atom stereocenters. The highest BCUT2D eigenvalue weighted by Crippen LogP contribution is 2.29. The fourth-order valence-electron chi connectivity index (χ4n) is 3.68. The minimum Gasteiger partial charge on any atom is -0.350 e. The van der Waals surface area contributed by atoms with E-state index < -0.39 is 0 Å². The number of likely N-dealkylation sites (tertiary alicyclic amines) is 1. The van der Waals surface area contributed by atoms with Gasteiger partial charge in [-0.1, -0.05) is 12.1 Å². The second-order valence-corrected chi connectivity index (χ2v) is 8.05. The van der Waals surface area contributed by atoms with Crippen LogP contribution in [0.3, 0.4) is 0 Å². The molecular formula is C21H26N2O2S. The highest BCUT2D eigenvalue weighted by Gasteiger charge is 2.26. The van der Waals surface area contributed by atoms with Crippen LogP contribution >= 0.6 is 11.3 Å². The summed E-state index contributed by atoms with van der Waals surface area (Å²) in [5, 5.41) is 5.00. The molecule has 1 atom stereocenters. The average molecular weight is 371 g/mol. The lowest BCUT2D eigenvalue weighted by Gasteiger charge is -2.28. The molecule has 1 N–H and O–H groups in total. The number of rotatable bonds is 6. The van der Waals surface area contributed by atoms with Gasteiger partial charge in [-0.05, 0) is 69.3 Å². The van der Waals surface area contributed by atoms with Gasteiger partial charge in [-0.15, -0.1) is 11.3 Å². The molecule has 1 aromatic carbocycles. The molecule has 3 rings (SSSR count). The molecule has 0 radical (unpaired) electrons. The summed E-state index contributed by atoms with van der Waals surface area (Å²) in [6.07, 6.45) is 2.34. The van der Waals surface area contributed by atoms with Gasteiger partial charge in [0.15, 0.2) is 5.78 Å². The molecular weight excluding hydrogens is 344 g/mol. The van der Waals surface area contributed by atoms with Crippen LogP contribution in [0.4, 0.5) is 0 Å². The van der Waals surface area contributed by atoms with Crippen molar-refractivity contribution in [3.63, 3.8) is 0 Å². The molecule has 138 valence electrons. The van der Waals surface area contributed by atoms with Crippen molar-refractivity contribution in [2.24, 2.45) is 0 Å². The van der Waals surface area contributed by atoms with E-state index in [1.165, 1.54) is 17.8 Å². The fourth-order valence-corrected chi connectivity index (χ4v) is 4.50. The monoisotopic (exact) mass is 370 g/mol. The third-order valence-corrected chi connectivity index (χ3v) is 6.04. The van der Waals surface area contributed by atoms with E-state index in [1.54, 1.807) is 6.92 Å². The van der Waals surface area contributed by atoms with Gasteiger partial charge in [-0.25, -0.2) is 0 Å². The first-order valence-electron chi connectivity index (χ1n) is 9.20. The zero-order chi connectivity index (χ0) is 18.7. The molecule has 2 aromatic rings. The summed E-state index contributed by atoms with van der Waals surface area (Å²) >= 11 is 1.45. The van der Waals surface area contributed by atoms with Crippen LogP contribution in [0.2, 0.25) is 0 Å². The Morgan fingerprint density at radius 3 is 2.62 bits per heavy atom. The van der Waals surface area contributed by atoms with Gasteiger partial charge in [0.1, 0.15) is 0 Å². The van der Waals surface area contributed by atoms with Crippen molar-refractivity contribution in [2.45, 2.75) is 45.7 Å². The number of amides is 1. The van der Waals surface area contributed by atoms with E-state index in [-0.39, 0.29) is 11.7 Å². The van der Waals surface area contributed by atoms with E-state index >= 15 is 0 Å². The van der Waals surface area contributed by atoms with E-state index in [0.717, 1.165) is 29.0 Å². The summed E-state index contributed by atoms with van der Waals surface area (Å²) in [6.45, 7) is 7.81. The Morgan fingerprint density at radius 1 is 1.23 bits per heavy atom. The summed E-state index contributed by atoms with van der Waals surface area (Å²) in [4.78, 5) is 27.4. The molecule has 0 saturated carbocycles. The second-order valence-electron chi connectivity index (χ2n) is 7.13. The molecule has 2 heterocycles. The molecule has 1 fully saturated rings. The Balaban J connectivity index is 1.64. The highest BCUT2D eigenvalue weighted by atomic mass is 32.1. The van der Waals surface area contributed by atoms with Crippen LogP contribution < -0.4 is 5.32 Å². The van der Waals surface area contributed by atoms with Crippen molar-refractivity contribution in [3.8, 4) is 11.1 Å². The average Bonchev–Trinajstić information content (AvgIpc) is 3.29. The van der Waals surface area contributed by atoms with E-state index in [0.29, 0.717) is 24.2 Å². The predicted molar refractivity (Wildman–Crippen MR) is 107 cm³/mol. The molecule has 1 aliphatic heterocycles. The highest BCUT2D eigenvalue weighted by molar-refractivity contribution is 7.12. The van der Waals surface area contributed by atoms with E-state index in [2.05, 4.69) is 24.1 Å². The largest absolute Gasteiger partial charge is 0.350 e. The topological polar surface area (TPSA) is 49.4 Å². The van der Waals surface area contributed by atoms with Crippen LogP contribution in [0.15, 0.2) is 35.7 Å². The van der Waals surface area contributed by atoms with Gasteiger partial charge in [0.2, 0.25) is 0 Å². The predicted octanol–water partition coefficient (Wildman–Crippen LogP) is 4.22. The first-order valence-corrected chi connectivity index (χ1v) is 10.1. The molecule has 4 nitrogen and oxygen atoms in total. The summed E-state index contributed by atoms with van der Waals surface area (Å²) in [5.74, 6) is 0.0346. The van der Waals surface area contributed by atoms with E-state index in [4.69, 9.17) is 0 Å². The number of ketones is 1. The third kappa shape index (κ3) is 4.05. The van der Waals surface area contributed by atoms with Gasteiger partial charge in [0.05, 0.1) is 4.88 Å². The molecule has 1 saturated heterocycles. The molecule has 5 heteroatoms. The molecule has 1 amide bonds. The molecule has 0 spiro atoms. The summed E-state index contributed by atoms with van der Waals surface area (Å²) in [6, 6.07) is 10.4. The number of thiophene rings is 1. The smallest absolute Gasteiger partial charge is 0.251 e. The Bertz CT molecular complexity index is 780. The number of Topliss-reactive ketones (excluding diaryl/α,β-unsaturated/α-hetero) is 1. The van der Waals surface area contributed by atoms with Crippen LogP contribution in [-0.2, 0) is 0 Å². The Kier molecular flexibility index (Phi) is 5.89. The number of nitrogens with one attached hydrogen (secondary N) is 1. The van der Waals surface area contributed by atoms with Gasteiger partial charge in [-0.3, -0.25) is 14.5 Å². The second kappa shape index (κ2) is 8.14. The normalized spacial score (nSPS) is 17.6. The zero-order valence-corrected chi connectivity index (χ0v) is 16.4. The number of carbonyl (C=O) groups excluding carboxylic acids is 2. The summed E-state index contributed by atoms with van der Waals surface area (Å²) in [7, 11) is 0. The number of hydrogen-bond donors (Lipinski definition) is 1. The molecule has 1 aliphatic rings. The van der Waals surface area contributed by atoms with Crippen LogP contribution in [0, 0.1) is 0 Å². The number of benzene rings is 1. The van der Waals surface area contributed by atoms with Crippen molar-refractivity contribution < 1.29 is 9.59 Å². The SMILES string of the molecule is CC(=O)c1sccc1-c1ccc(C(=O)NCC2CCCN2C(C)C)cc1. The summed E-state index contributed by atoms with van der Waals surface area (Å²) in [5.41, 5.74) is 2.56. The van der Waals surface area contributed by atoms with Crippen molar-refractivity contribution in [1.29, 1.82) is 0 Å². The maximum absolute atomic E-state index is 12.5. The molecule has 0 aliphatic carbocycles. The van der Waals surface area contributed by atoms with Gasteiger partial charge in [0, 0.05) is 29.8 Å². The van der Waals surface area contributed by atoms with Crippen LogP contribution in [0.25, 0.3) is 11.1 Å². The minimum atomic E-state index is -0.0377. The number of carbonyl (C=O) groups is 2. The van der Waals surface area contributed by atoms with Crippen molar-refractivity contribution in [1.82, 2.24) is 10.2 Å². The zero-order valence-electron chi connectivity index (χ0n) is 15.6. The lowest BCUT2D eigenvalue weighted by atomic mass is 10.0. The van der Waals surface area contributed by atoms with Gasteiger partial charge in [-0.2, -0.15) is 0 Å². The molecule has 26 heavy (non-hydrogen) atoms. The van der Waals surface area contributed by atoms with Gasteiger partial charge >= 0.3 is 0 Å². The lowest BCUT2D eigenvalue weighted by molar-refractivity contribution is 0.0934. The number of nitrogens with zero attached hydrogens (tertiary/aromatic N) is 1. The first-order chi connectivity index (χ1) is 12.5. The maximum atomic E-state index is 12.5. The van der Waals surface area contributed by atoms with Crippen molar-refractivity contribution >= 4 is 23.0 Å². The first kappa shape index (κ1) is 18.8. The van der Waals surface area contributed by atoms with Crippen LogP contribution in [0.5, 0.6) is 0 Å². The molecule has 0 bridgehead atoms. The van der Waals surface area contributed by atoms with E-state index in [1.807, 2.05) is 35.7 Å². The third-order valence-electron chi connectivity index (χ3n) is 5.03.